The zero-order chi connectivity index (χ0) is 12.8. The van der Waals surface area contributed by atoms with Crippen LogP contribution in [0.1, 0.15) is 47.0 Å². The molecule has 0 radical (unpaired) electrons. The van der Waals surface area contributed by atoms with Gasteiger partial charge < -0.3 is 5.11 Å². The van der Waals surface area contributed by atoms with Gasteiger partial charge in [-0.3, -0.25) is 0 Å². The molecular formula is C11H25NO3S. The maximum absolute atomic E-state index is 11.4. The van der Waals surface area contributed by atoms with Gasteiger partial charge in [0, 0.05) is 6.54 Å². The number of hydrogen-bond donors (Lipinski definition) is 2. The van der Waals surface area contributed by atoms with Crippen LogP contribution in [0.25, 0.3) is 0 Å². The molecule has 5 heteroatoms. The van der Waals surface area contributed by atoms with E-state index in [1.807, 2.05) is 27.7 Å². The molecule has 0 aliphatic heterocycles. The number of unbranched alkanes of at least 4 members (excludes halogenated alkanes) is 1. The first-order chi connectivity index (χ1) is 7.16. The lowest BCUT2D eigenvalue weighted by atomic mass is 9.89. The fraction of sp³-hybridized carbons (Fsp3) is 1.00. The molecule has 4 nitrogen and oxygen atoms in total. The van der Waals surface area contributed by atoms with E-state index < -0.39 is 16.1 Å². The van der Waals surface area contributed by atoms with E-state index in [4.69, 9.17) is 0 Å². The zero-order valence-corrected chi connectivity index (χ0v) is 11.6. The van der Waals surface area contributed by atoms with Crippen LogP contribution in [0.15, 0.2) is 0 Å². The van der Waals surface area contributed by atoms with E-state index in [-0.39, 0.29) is 17.7 Å². The Morgan fingerprint density at radius 1 is 1.31 bits per heavy atom. The Hall–Kier alpha value is -0.130. The van der Waals surface area contributed by atoms with E-state index >= 15 is 0 Å². The van der Waals surface area contributed by atoms with Gasteiger partial charge in [-0.05, 0) is 18.3 Å². The van der Waals surface area contributed by atoms with Gasteiger partial charge >= 0.3 is 0 Å². The maximum atomic E-state index is 11.4. The molecule has 0 spiro atoms. The Kier molecular flexibility index (Phi) is 6.51. The molecule has 1 unspecified atom stereocenters. The fourth-order valence-corrected chi connectivity index (χ4v) is 2.67. The molecule has 0 aromatic carbocycles. The van der Waals surface area contributed by atoms with Crippen LogP contribution in [-0.2, 0) is 10.0 Å². The molecule has 2 N–H and O–H groups in total. The van der Waals surface area contributed by atoms with Crippen LogP contribution in [0, 0.1) is 5.41 Å². The summed E-state index contributed by atoms with van der Waals surface area (Å²) in [6.45, 7) is 8.11. The number of sulfonamides is 1. The first kappa shape index (κ1) is 15.9. The molecule has 0 fully saturated rings. The number of rotatable bonds is 7. The van der Waals surface area contributed by atoms with Crippen molar-refractivity contribution in [3.8, 4) is 0 Å². The average molecular weight is 251 g/mol. The molecule has 16 heavy (non-hydrogen) atoms. The van der Waals surface area contributed by atoms with Crippen molar-refractivity contribution < 1.29 is 13.5 Å². The van der Waals surface area contributed by atoms with E-state index in [9.17, 15) is 13.5 Å². The summed E-state index contributed by atoms with van der Waals surface area (Å²) in [6, 6.07) is 0. The first-order valence-electron chi connectivity index (χ1n) is 5.82. The lowest BCUT2D eigenvalue weighted by Gasteiger charge is -2.22. The predicted molar refractivity (Wildman–Crippen MR) is 66.8 cm³/mol. The molecule has 0 heterocycles. The van der Waals surface area contributed by atoms with Gasteiger partial charge in [-0.1, -0.05) is 34.1 Å². The summed E-state index contributed by atoms with van der Waals surface area (Å²) >= 11 is 0. The van der Waals surface area contributed by atoms with Gasteiger partial charge in [0.05, 0.1) is 11.9 Å². The normalized spacial score (nSPS) is 15.1. The number of nitrogens with one attached hydrogen (secondary N) is 1. The monoisotopic (exact) mass is 251 g/mol. The lowest BCUT2D eigenvalue weighted by molar-refractivity contribution is 0.125. The molecule has 0 aromatic heterocycles. The second kappa shape index (κ2) is 6.57. The highest BCUT2D eigenvalue weighted by molar-refractivity contribution is 7.89. The van der Waals surface area contributed by atoms with E-state index in [2.05, 4.69) is 4.72 Å². The van der Waals surface area contributed by atoms with E-state index in [1.54, 1.807) is 0 Å². The van der Waals surface area contributed by atoms with E-state index in [0.29, 0.717) is 12.8 Å². The Morgan fingerprint density at radius 3 is 2.31 bits per heavy atom. The number of aliphatic hydroxyl groups excluding tert-OH is 1. The average Bonchev–Trinajstić information content (AvgIpc) is 2.09. The van der Waals surface area contributed by atoms with Crippen LogP contribution >= 0.6 is 0 Å². The van der Waals surface area contributed by atoms with E-state index in [0.717, 1.165) is 6.42 Å². The summed E-state index contributed by atoms with van der Waals surface area (Å²) in [6.07, 6.45) is 1.48. The molecule has 0 saturated heterocycles. The summed E-state index contributed by atoms with van der Waals surface area (Å²) in [5.41, 5.74) is 0.00821. The van der Waals surface area contributed by atoms with Gasteiger partial charge in [-0.2, -0.15) is 0 Å². The second-order valence-corrected chi connectivity index (χ2v) is 7.37. The molecule has 0 amide bonds. The molecular weight excluding hydrogens is 226 g/mol. The third-order valence-electron chi connectivity index (χ3n) is 2.15. The van der Waals surface area contributed by atoms with Crippen LogP contribution in [0.3, 0.4) is 0 Å². The highest BCUT2D eigenvalue weighted by atomic mass is 32.2. The Balaban J connectivity index is 3.95. The Morgan fingerprint density at radius 2 is 1.88 bits per heavy atom. The van der Waals surface area contributed by atoms with Crippen molar-refractivity contribution in [1.29, 1.82) is 0 Å². The number of aliphatic hydroxyl groups is 1. The highest BCUT2D eigenvalue weighted by Gasteiger charge is 2.18. The molecule has 0 aliphatic carbocycles. The van der Waals surface area contributed by atoms with Crippen molar-refractivity contribution in [1.82, 2.24) is 4.72 Å². The second-order valence-electron chi connectivity index (χ2n) is 5.44. The zero-order valence-electron chi connectivity index (χ0n) is 10.8. The highest BCUT2D eigenvalue weighted by Crippen LogP contribution is 2.20. The third-order valence-corrected chi connectivity index (χ3v) is 3.59. The van der Waals surface area contributed by atoms with Crippen LogP contribution < -0.4 is 4.72 Å². The van der Waals surface area contributed by atoms with Crippen molar-refractivity contribution in [3.05, 3.63) is 0 Å². The minimum absolute atomic E-state index is 0.00821. The van der Waals surface area contributed by atoms with E-state index in [1.165, 1.54) is 0 Å². The summed E-state index contributed by atoms with van der Waals surface area (Å²) in [5, 5.41) is 9.65. The van der Waals surface area contributed by atoms with Gasteiger partial charge in [0.15, 0.2) is 0 Å². The van der Waals surface area contributed by atoms with Crippen molar-refractivity contribution in [2.45, 2.75) is 53.1 Å². The molecule has 98 valence electrons. The molecule has 1 atom stereocenters. The predicted octanol–water partition coefficient (Wildman–Crippen LogP) is 1.50. The van der Waals surface area contributed by atoms with Crippen LogP contribution in [0.5, 0.6) is 0 Å². The minimum Gasteiger partial charge on any atom is -0.392 e. The topological polar surface area (TPSA) is 66.4 Å². The molecule has 0 rings (SSSR count). The van der Waals surface area contributed by atoms with Crippen LogP contribution in [-0.4, -0.2) is 31.9 Å². The molecule has 0 aliphatic rings. The Labute approximate surface area is 99.5 Å². The van der Waals surface area contributed by atoms with Crippen LogP contribution in [0.2, 0.25) is 0 Å². The maximum Gasteiger partial charge on any atom is 0.211 e. The van der Waals surface area contributed by atoms with Crippen molar-refractivity contribution >= 4 is 10.0 Å². The van der Waals surface area contributed by atoms with Gasteiger partial charge in [0.1, 0.15) is 0 Å². The SMILES string of the molecule is CCCCS(=O)(=O)NCC(O)CC(C)(C)C. The summed E-state index contributed by atoms with van der Waals surface area (Å²) < 4.78 is 25.3. The first-order valence-corrected chi connectivity index (χ1v) is 7.47. The van der Waals surface area contributed by atoms with Crippen molar-refractivity contribution in [2.75, 3.05) is 12.3 Å². The fourth-order valence-electron chi connectivity index (χ4n) is 1.41. The van der Waals surface area contributed by atoms with Crippen molar-refractivity contribution in [3.63, 3.8) is 0 Å². The summed E-state index contributed by atoms with van der Waals surface area (Å²) in [7, 11) is -3.20. The third kappa shape index (κ3) is 9.12. The van der Waals surface area contributed by atoms with Gasteiger partial charge in [-0.25, -0.2) is 13.1 Å². The lowest BCUT2D eigenvalue weighted by Crippen LogP contribution is -2.35. The standard InChI is InChI=1S/C11H25NO3S/c1-5-6-7-16(14,15)12-9-10(13)8-11(2,3)4/h10,12-13H,5-9H2,1-4H3. The molecule has 0 bridgehead atoms. The quantitative estimate of drug-likeness (QED) is 0.720. The largest absolute Gasteiger partial charge is 0.392 e. The van der Waals surface area contributed by atoms with Gasteiger partial charge in [0.2, 0.25) is 10.0 Å². The van der Waals surface area contributed by atoms with Gasteiger partial charge in [0.25, 0.3) is 0 Å². The number of hydrogen-bond acceptors (Lipinski definition) is 3. The summed E-state index contributed by atoms with van der Waals surface area (Å²) in [5.74, 6) is 0.145. The summed E-state index contributed by atoms with van der Waals surface area (Å²) in [4.78, 5) is 0. The molecule has 0 aromatic rings. The smallest absolute Gasteiger partial charge is 0.211 e. The van der Waals surface area contributed by atoms with Crippen molar-refractivity contribution in [2.24, 2.45) is 5.41 Å². The van der Waals surface area contributed by atoms with Gasteiger partial charge in [-0.15, -0.1) is 0 Å². The minimum atomic E-state index is -3.20. The van der Waals surface area contributed by atoms with Crippen LogP contribution in [0.4, 0.5) is 0 Å². The Bertz CT molecular complexity index is 280. The molecule has 0 saturated carbocycles.